The van der Waals surface area contributed by atoms with Gasteiger partial charge in [-0.25, -0.2) is 4.79 Å². The van der Waals surface area contributed by atoms with E-state index < -0.39 is 16.4 Å². The molecule has 7 saturated carbocycles. The van der Waals surface area contributed by atoms with E-state index in [2.05, 4.69) is 40.2 Å². The SMILES string of the molecule is NCCCc1cccc2c1C(=O)O[C@@]21[C@H]2C[C@H](C3CCCC3)/C=C\[C@@H]3C[C@H]4[C@@H]5C6=C3[C@@]23C(=O)O/C(=C(/O)[C@@H]2C[C@H]7CCC8(CC9(CCCC9)C9(CCCC9)C8)[C@@H]2N2C[C@@H]8C[C@@H](CN9C5=C(CC[C@@H]89)C[C@@H]4C4CCCCC4)[C@H]72)[C@]31CC6. The zero-order valence-electron chi connectivity index (χ0n) is 48.3. The normalized spacial score (nSPS) is 47.7. The Kier molecular flexibility index (Phi) is 10.2. The van der Waals surface area contributed by atoms with E-state index in [1.165, 1.54) is 173 Å². The minimum Gasteiger partial charge on any atom is -0.508 e. The van der Waals surface area contributed by atoms with Gasteiger partial charge in [-0.05, 0) is 222 Å². The molecule has 1 aromatic carbocycles. The molecule has 5 saturated heterocycles. The first-order chi connectivity index (χ1) is 39.2. The Bertz CT molecular complexity index is 2970. The molecule has 0 amide bonds. The van der Waals surface area contributed by atoms with Crippen LogP contribution in [0.25, 0.3) is 0 Å². The molecule has 0 radical (unpaired) electrons. The molecule has 16 atom stereocenters. The van der Waals surface area contributed by atoms with Crippen LogP contribution in [-0.2, 0) is 26.3 Å². The van der Waals surface area contributed by atoms with Gasteiger partial charge in [-0.1, -0.05) is 112 Å². The van der Waals surface area contributed by atoms with Crippen LogP contribution in [0.15, 0.2) is 64.3 Å². The van der Waals surface area contributed by atoms with Crippen molar-refractivity contribution < 1.29 is 24.2 Å². The van der Waals surface area contributed by atoms with Crippen molar-refractivity contribution >= 4 is 11.9 Å². The third kappa shape index (κ3) is 5.65. The van der Waals surface area contributed by atoms with Gasteiger partial charge in [0, 0.05) is 60.2 Å². The molecule has 8 aliphatic heterocycles. The number of aliphatic hydroxyl groups is 1. The maximum Gasteiger partial charge on any atom is 0.339 e. The van der Waals surface area contributed by atoms with E-state index in [0.29, 0.717) is 88.8 Å². The Labute approximate surface area is 477 Å². The van der Waals surface area contributed by atoms with E-state index in [9.17, 15) is 5.11 Å². The number of hydrogen-bond donors (Lipinski definition) is 2. The molecule has 8 heteroatoms. The first-order valence-electron chi connectivity index (χ1n) is 34.6. The molecule has 12 fully saturated rings. The lowest BCUT2D eigenvalue weighted by atomic mass is 9.27. The van der Waals surface area contributed by atoms with Crippen molar-refractivity contribution in [1.29, 1.82) is 0 Å². The molecule has 0 aromatic heterocycles. The molecule has 20 rings (SSSR count). The third-order valence-electron chi connectivity index (χ3n) is 30.1. The zero-order valence-corrected chi connectivity index (χ0v) is 48.3. The molecule has 19 aliphatic rings. The Balaban J connectivity index is 0.903. The maximum absolute atomic E-state index is 17.1. The number of rotatable bonds is 5. The standard InChI is InChI=1S/C72H93N3O5/c73-31-11-17-43-16-10-18-54-57(43)65(77)80-72(54)56-36-44(41-12-4-5-13-41)19-20-45-33-52-51(42-14-2-1-3-15-42)34-46-21-22-55-48-32-49-38-74(55)61(46)58(52)50-24-30-70(72)64(79-66(78)71(56,70)59(45)50)62(76)53-35-47-23-29-67(63(53)75(37-48)60(47)49)39-68(25-6-7-26-68)69(40-67)27-8-9-28-69/h10,16,18-20,41-42,44-45,47-49,51-53,55-56,58,60,63,76H,1-9,11-15,17,21-40,73H2/b20-19-,64-62+/t44-,45-,47-,48+,49+,51-,52-,53+,55+,56+,58+,60+,63-,70-,71-,72-/m1/s1. The van der Waals surface area contributed by atoms with Crippen LogP contribution in [0, 0.1) is 98.1 Å². The number of aryl methyl sites for hydroxylation is 1. The summed E-state index contributed by atoms with van der Waals surface area (Å²) in [6.45, 7) is 2.92. The molecular formula is C72H93N3O5. The predicted octanol–water partition coefficient (Wildman–Crippen LogP) is 14.3. The van der Waals surface area contributed by atoms with Gasteiger partial charge in [0.25, 0.3) is 0 Å². The highest BCUT2D eigenvalue weighted by Gasteiger charge is 2.94. The number of aliphatic hydroxyl groups excluding tert-OH is 1. The fourth-order valence-corrected chi connectivity index (χ4v) is 28.3. The second-order valence-electron chi connectivity index (χ2n) is 32.2. The number of esters is 2. The summed E-state index contributed by atoms with van der Waals surface area (Å²) in [6, 6.07) is 7.90. The minimum absolute atomic E-state index is 0.0962. The van der Waals surface area contributed by atoms with Gasteiger partial charge in [-0.15, -0.1) is 0 Å². The van der Waals surface area contributed by atoms with Crippen LogP contribution >= 0.6 is 0 Å². The molecule has 8 heterocycles. The maximum atomic E-state index is 17.1. The van der Waals surface area contributed by atoms with E-state index in [1.54, 1.807) is 11.3 Å². The van der Waals surface area contributed by atoms with Crippen LogP contribution in [0.5, 0.6) is 0 Å². The minimum atomic E-state index is -1.14. The first-order valence-corrected chi connectivity index (χ1v) is 34.6. The lowest BCUT2D eigenvalue weighted by Crippen LogP contribution is -2.78. The second-order valence-corrected chi connectivity index (χ2v) is 32.2. The summed E-state index contributed by atoms with van der Waals surface area (Å²) < 4.78 is 15.2. The van der Waals surface area contributed by atoms with Crippen LogP contribution in [0.3, 0.4) is 0 Å². The van der Waals surface area contributed by atoms with Crippen molar-refractivity contribution in [3.8, 4) is 0 Å². The Morgan fingerprint density at radius 1 is 0.725 bits per heavy atom. The van der Waals surface area contributed by atoms with Gasteiger partial charge < -0.3 is 25.2 Å². The van der Waals surface area contributed by atoms with Crippen molar-refractivity contribution in [1.82, 2.24) is 9.80 Å². The number of piperidine rings is 3. The van der Waals surface area contributed by atoms with Gasteiger partial charge in [0.1, 0.15) is 11.2 Å². The summed E-state index contributed by atoms with van der Waals surface area (Å²) in [5, 5.41) is 14.7. The summed E-state index contributed by atoms with van der Waals surface area (Å²) in [7, 11) is 0. The van der Waals surface area contributed by atoms with E-state index in [4.69, 9.17) is 15.2 Å². The van der Waals surface area contributed by atoms with Crippen LogP contribution in [0.4, 0.5) is 0 Å². The highest BCUT2D eigenvalue weighted by molar-refractivity contribution is 6.00. The summed E-state index contributed by atoms with van der Waals surface area (Å²) in [4.78, 5) is 39.2. The van der Waals surface area contributed by atoms with E-state index in [-0.39, 0.29) is 47.1 Å². The number of benzene rings is 1. The lowest BCUT2D eigenvalue weighted by Gasteiger charge is -2.73. The lowest BCUT2D eigenvalue weighted by molar-refractivity contribution is -0.282. The first kappa shape index (κ1) is 49.0. The average molecular weight is 1080 g/mol. The molecular weight excluding hydrogens is 987 g/mol. The van der Waals surface area contributed by atoms with Gasteiger partial charge in [0.15, 0.2) is 11.4 Å². The summed E-state index contributed by atoms with van der Waals surface area (Å²) >= 11 is 0. The molecule has 426 valence electrons. The predicted molar refractivity (Wildman–Crippen MR) is 307 cm³/mol. The van der Waals surface area contributed by atoms with E-state index in [1.807, 2.05) is 5.57 Å². The summed E-state index contributed by atoms with van der Waals surface area (Å²) in [6.07, 6.45) is 44.8. The zero-order chi connectivity index (χ0) is 52.9. The molecule has 9 bridgehead atoms. The molecule has 80 heavy (non-hydrogen) atoms. The number of ether oxygens (including phenoxy) is 2. The van der Waals surface area contributed by atoms with E-state index >= 15 is 9.59 Å². The van der Waals surface area contributed by atoms with E-state index in [0.717, 1.165) is 67.7 Å². The van der Waals surface area contributed by atoms with Gasteiger partial charge in [-0.2, -0.15) is 0 Å². The third-order valence-corrected chi connectivity index (χ3v) is 30.1. The molecule has 3 N–H and O–H groups in total. The van der Waals surface area contributed by atoms with Gasteiger partial charge >= 0.3 is 11.9 Å². The fourth-order valence-electron chi connectivity index (χ4n) is 28.3. The highest BCUT2D eigenvalue weighted by Crippen LogP contribution is 2.89. The molecule has 6 spiro atoms. The van der Waals surface area contributed by atoms with Crippen molar-refractivity contribution in [2.45, 2.75) is 229 Å². The number of allylic oxidation sites excluding steroid dienone is 4. The molecule has 0 unspecified atom stereocenters. The largest absolute Gasteiger partial charge is 0.508 e. The van der Waals surface area contributed by atoms with Crippen molar-refractivity contribution in [3.63, 3.8) is 0 Å². The molecule has 1 aromatic rings. The highest BCUT2D eigenvalue weighted by atomic mass is 16.6. The number of carbonyl (C=O) groups excluding carboxylic acids is 2. The van der Waals surface area contributed by atoms with Gasteiger partial charge in [0.2, 0.25) is 0 Å². The topological polar surface area (TPSA) is 105 Å². The Morgan fingerprint density at radius 2 is 1.50 bits per heavy atom. The number of fused-ring (bicyclic) bond motifs is 8. The van der Waals surface area contributed by atoms with Crippen molar-refractivity contribution in [2.75, 3.05) is 19.6 Å². The van der Waals surface area contributed by atoms with Crippen molar-refractivity contribution in [3.05, 3.63) is 81.0 Å². The second kappa shape index (κ2) is 16.7. The quantitative estimate of drug-likeness (QED) is 0.222. The van der Waals surface area contributed by atoms with Crippen molar-refractivity contribution in [2.24, 2.45) is 104 Å². The number of nitrogens with zero attached hydrogens (tertiary/aromatic N) is 2. The monoisotopic (exact) mass is 1080 g/mol. The summed E-state index contributed by atoms with van der Waals surface area (Å²) in [5.74, 6) is 5.29. The Morgan fingerprint density at radius 3 is 2.29 bits per heavy atom. The Hall–Kier alpha value is -3.36. The molecule has 11 aliphatic carbocycles. The van der Waals surface area contributed by atoms with Gasteiger partial charge in [0.05, 0.1) is 11.0 Å². The fraction of sp³-hybridized carbons (Fsp3) is 0.778. The number of hydrogen-bond acceptors (Lipinski definition) is 8. The number of carbonyl (C=O) groups is 2. The average Bonchev–Trinajstić information content (AvgIpc) is 2.31. The van der Waals surface area contributed by atoms with Crippen LogP contribution < -0.4 is 5.73 Å². The van der Waals surface area contributed by atoms with Crippen LogP contribution in [0.2, 0.25) is 0 Å². The summed E-state index contributed by atoms with van der Waals surface area (Å²) in [5.41, 5.74) is 13.3. The molecule has 8 nitrogen and oxygen atoms in total. The number of nitrogens with two attached hydrogens (primary N) is 1. The van der Waals surface area contributed by atoms with Crippen LogP contribution in [-0.4, -0.2) is 64.6 Å². The van der Waals surface area contributed by atoms with Gasteiger partial charge in [-0.3, -0.25) is 9.69 Å². The smallest absolute Gasteiger partial charge is 0.339 e. The van der Waals surface area contributed by atoms with Crippen LogP contribution in [0.1, 0.15) is 221 Å².